The van der Waals surface area contributed by atoms with Crippen molar-refractivity contribution in [2.45, 2.75) is 0 Å². The molecule has 0 aliphatic rings. The van der Waals surface area contributed by atoms with Crippen LogP contribution in [0, 0.1) is 0 Å². The smallest absolute Gasteiger partial charge is 0.504 e. The molecule has 162 valence electrons. The molecule has 0 fully saturated rings. The van der Waals surface area contributed by atoms with Gasteiger partial charge in [-0.3, -0.25) is 4.57 Å². The third-order valence-corrected chi connectivity index (χ3v) is 5.93. The molecule has 0 saturated carbocycles. The Labute approximate surface area is 197 Å². The topological polar surface area (TPSA) is 60.2 Å². The molecule has 0 amide bonds. The SMILES string of the molecule is OBOc1ccc2c(c1)c1ccccc1n2-c1nc(-c2ccccc2)cc(-c2ccccc2)n1. The maximum absolute atomic E-state index is 9.22. The summed E-state index contributed by atoms with van der Waals surface area (Å²) in [6.07, 6.45) is 0. The number of hydrogen-bond donors (Lipinski definition) is 1. The number of hydrogen-bond acceptors (Lipinski definition) is 4. The molecule has 6 heteroatoms. The second-order valence-electron chi connectivity index (χ2n) is 7.98. The van der Waals surface area contributed by atoms with Crippen molar-refractivity contribution in [1.82, 2.24) is 14.5 Å². The molecular formula is C28H20BN3O2. The van der Waals surface area contributed by atoms with E-state index in [4.69, 9.17) is 14.6 Å². The average molecular weight is 441 g/mol. The average Bonchev–Trinajstić information content (AvgIpc) is 3.23. The summed E-state index contributed by atoms with van der Waals surface area (Å²) in [6, 6.07) is 36.3. The van der Waals surface area contributed by atoms with Gasteiger partial charge in [0.25, 0.3) is 0 Å². The standard InChI is InChI=1S/C28H20BN3O2/c33-29-34-21-15-16-27-23(17-21)22-13-7-8-14-26(22)32(27)28-30-24(19-9-3-1-4-10-19)18-25(31-28)20-11-5-2-6-12-20/h1-18,29,33H. The van der Waals surface area contributed by atoms with Gasteiger partial charge in [-0.1, -0.05) is 78.9 Å². The number of fused-ring (bicyclic) bond motifs is 3. The molecule has 6 aromatic rings. The van der Waals surface area contributed by atoms with Crippen LogP contribution in [0.4, 0.5) is 0 Å². The Morgan fingerprint density at radius 2 is 1.21 bits per heavy atom. The van der Waals surface area contributed by atoms with E-state index in [-0.39, 0.29) is 7.69 Å². The zero-order chi connectivity index (χ0) is 22.9. The third kappa shape index (κ3) is 3.50. The van der Waals surface area contributed by atoms with Gasteiger partial charge in [0, 0.05) is 21.9 Å². The first kappa shape index (κ1) is 20.2. The Bertz CT molecular complexity index is 1560. The van der Waals surface area contributed by atoms with E-state index in [1.165, 1.54) is 0 Å². The number of benzene rings is 4. The number of rotatable bonds is 5. The van der Waals surface area contributed by atoms with Crippen molar-refractivity contribution in [2.24, 2.45) is 0 Å². The third-order valence-electron chi connectivity index (χ3n) is 5.93. The molecule has 34 heavy (non-hydrogen) atoms. The van der Waals surface area contributed by atoms with Crippen molar-refractivity contribution in [3.05, 3.63) is 109 Å². The van der Waals surface area contributed by atoms with E-state index < -0.39 is 0 Å². The second kappa shape index (κ2) is 8.50. The van der Waals surface area contributed by atoms with Crippen LogP contribution in [0.3, 0.4) is 0 Å². The van der Waals surface area contributed by atoms with Gasteiger partial charge in [0.15, 0.2) is 0 Å². The van der Waals surface area contributed by atoms with E-state index in [1.54, 1.807) is 0 Å². The van der Waals surface area contributed by atoms with Crippen molar-refractivity contribution >= 4 is 29.5 Å². The number of aromatic nitrogens is 3. The van der Waals surface area contributed by atoms with Gasteiger partial charge in [0.2, 0.25) is 5.95 Å². The Balaban J connectivity index is 1.66. The molecule has 1 N–H and O–H groups in total. The van der Waals surface area contributed by atoms with E-state index in [0.29, 0.717) is 11.7 Å². The van der Waals surface area contributed by atoms with E-state index in [9.17, 15) is 5.02 Å². The maximum atomic E-state index is 9.22. The van der Waals surface area contributed by atoms with Gasteiger partial charge in [-0.2, -0.15) is 0 Å². The zero-order valence-corrected chi connectivity index (χ0v) is 18.3. The summed E-state index contributed by atoms with van der Waals surface area (Å²) in [4.78, 5) is 10.0. The lowest BCUT2D eigenvalue weighted by Gasteiger charge is -2.12. The van der Waals surface area contributed by atoms with Crippen LogP contribution in [0.25, 0.3) is 50.3 Å². The minimum absolute atomic E-state index is 0.368. The summed E-state index contributed by atoms with van der Waals surface area (Å²) < 4.78 is 7.44. The van der Waals surface area contributed by atoms with Crippen LogP contribution in [0.5, 0.6) is 5.75 Å². The molecule has 0 unspecified atom stereocenters. The van der Waals surface area contributed by atoms with E-state index in [2.05, 4.69) is 41.0 Å². The molecular weight excluding hydrogens is 421 g/mol. The van der Waals surface area contributed by atoms with Crippen molar-refractivity contribution in [3.8, 4) is 34.2 Å². The van der Waals surface area contributed by atoms with Gasteiger partial charge < -0.3 is 9.68 Å². The molecule has 2 heterocycles. The van der Waals surface area contributed by atoms with Gasteiger partial charge in [0.1, 0.15) is 5.75 Å². The predicted octanol–water partition coefficient (Wildman–Crippen LogP) is 5.55. The monoisotopic (exact) mass is 441 g/mol. The molecule has 0 spiro atoms. The maximum Gasteiger partial charge on any atom is 0.504 e. The molecule has 0 saturated heterocycles. The fourth-order valence-corrected chi connectivity index (χ4v) is 4.38. The Morgan fingerprint density at radius 3 is 1.85 bits per heavy atom. The molecule has 0 atom stereocenters. The first-order valence-corrected chi connectivity index (χ1v) is 11.1. The lowest BCUT2D eigenvalue weighted by molar-refractivity contribution is 0.454. The van der Waals surface area contributed by atoms with Crippen molar-refractivity contribution in [3.63, 3.8) is 0 Å². The van der Waals surface area contributed by atoms with Gasteiger partial charge in [-0.15, -0.1) is 0 Å². The van der Waals surface area contributed by atoms with Crippen LogP contribution >= 0.6 is 0 Å². The highest BCUT2D eigenvalue weighted by atomic mass is 16.5. The Morgan fingerprint density at radius 1 is 0.618 bits per heavy atom. The Kier molecular flexibility index (Phi) is 5.05. The van der Waals surface area contributed by atoms with E-state index >= 15 is 0 Å². The summed E-state index contributed by atoms with van der Waals surface area (Å²) in [5.74, 6) is 1.21. The fraction of sp³-hybridized carbons (Fsp3) is 0. The quantitative estimate of drug-likeness (QED) is 0.357. The lowest BCUT2D eigenvalue weighted by atomic mass is 10.1. The molecule has 4 aromatic carbocycles. The highest BCUT2D eigenvalue weighted by molar-refractivity contribution is 6.17. The van der Waals surface area contributed by atoms with Crippen LogP contribution in [0.15, 0.2) is 109 Å². The van der Waals surface area contributed by atoms with Crippen LogP contribution in [-0.4, -0.2) is 27.2 Å². The normalized spacial score (nSPS) is 11.1. The van der Waals surface area contributed by atoms with Gasteiger partial charge >= 0.3 is 7.69 Å². The summed E-state index contributed by atoms with van der Waals surface area (Å²) in [7, 11) is -0.368. The van der Waals surface area contributed by atoms with Crippen molar-refractivity contribution in [2.75, 3.05) is 0 Å². The van der Waals surface area contributed by atoms with Crippen LogP contribution in [-0.2, 0) is 0 Å². The highest BCUT2D eigenvalue weighted by Gasteiger charge is 2.17. The van der Waals surface area contributed by atoms with E-state index in [0.717, 1.165) is 44.3 Å². The predicted molar refractivity (Wildman–Crippen MR) is 137 cm³/mol. The highest BCUT2D eigenvalue weighted by Crippen LogP contribution is 2.34. The van der Waals surface area contributed by atoms with Gasteiger partial charge in [0.05, 0.1) is 22.4 Å². The summed E-state index contributed by atoms with van der Waals surface area (Å²) in [5, 5.41) is 11.3. The lowest BCUT2D eigenvalue weighted by Crippen LogP contribution is -2.04. The largest absolute Gasteiger partial charge is 0.539 e. The molecule has 0 aliphatic carbocycles. The molecule has 2 aromatic heterocycles. The molecule has 0 bridgehead atoms. The summed E-state index contributed by atoms with van der Waals surface area (Å²) in [5.41, 5.74) is 5.75. The summed E-state index contributed by atoms with van der Waals surface area (Å²) in [6.45, 7) is 0. The molecule has 0 aliphatic heterocycles. The minimum atomic E-state index is -0.368. The van der Waals surface area contributed by atoms with Crippen LogP contribution < -0.4 is 4.65 Å². The van der Waals surface area contributed by atoms with Crippen molar-refractivity contribution in [1.29, 1.82) is 0 Å². The first-order chi connectivity index (χ1) is 16.8. The molecule has 6 rings (SSSR count). The number of para-hydroxylation sites is 1. The molecule has 5 nitrogen and oxygen atoms in total. The van der Waals surface area contributed by atoms with Crippen molar-refractivity contribution < 1.29 is 9.68 Å². The molecule has 0 radical (unpaired) electrons. The minimum Gasteiger partial charge on any atom is -0.539 e. The zero-order valence-electron chi connectivity index (χ0n) is 18.3. The second-order valence-corrected chi connectivity index (χ2v) is 7.98. The summed E-state index contributed by atoms with van der Waals surface area (Å²) >= 11 is 0. The van der Waals surface area contributed by atoms with Gasteiger partial charge in [-0.25, -0.2) is 9.97 Å². The van der Waals surface area contributed by atoms with E-state index in [1.807, 2.05) is 72.8 Å². The van der Waals surface area contributed by atoms with Crippen LogP contribution in [0.1, 0.15) is 0 Å². The van der Waals surface area contributed by atoms with Crippen LogP contribution in [0.2, 0.25) is 0 Å². The first-order valence-electron chi connectivity index (χ1n) is 11.1. The fourth-order valence-electron chi connectivity index (χ4n) is 4.38. The Hall–Kier alpha value is -4.42. The number of nitrogens with zero attached hydrogens (tertiary/aromatic N) is 3. The van der Waals surface area contributed by atoms with Gasteiger partial charge in [-0.05, 0) is 30.3 Å².